The van der Waals surface area contributed by atoms with Crippen LogP contribution in [0.2, 0.25) is 0 Å². The van der Waals surface area contributed by atoms with Crippen LogP contribution in [0.15, 0.2) is 77.2 Å². The Hall–Kier alpha value is -3.50. The molecule has 0 saturated carbocycles. The number of thioether (sulfide) groups is 1. The van der Waals surface area contributed by atoms with E-state index in [2.05, 4.69) is 15.8 Å². The van der Waals surface area contributed by atoms with Crippen LogP contribution < -0.4 is 10.7 Å². The number of hydrogen-bond acceptors (Lipinski definition) is 7. The van der Waals surface area contributed by atoms with Gasteiger partial charge in [-0.05, 0) is 29.1 Å². The molecule has 2 amide bonds. The zero-order valence-corrected chi connectivity index (χ0v) is 18.5. The summed E-state index contributed by atoms with van der Waals surface area (Å²) >= 11 is 2.99. The number of hydrazone groups is 1. The number of nitro benzene ring substituents is 1. The monoisotopic (exact) mass is 468 g/mol. The maximum atomic E-state index is 12.7. The molecule has 32 heavy (non-hydrogen) atoms. The number of nitro groups is 1. The number of nitrogens with zero attached hydrogens (tertiary/aromatic N) is 2. The third-order valence-corrected chi connectivity index (χ3v) is 6.18. The SMILES string of the molecule is O=C(N[C@H](CSCc1ccccc1)C(=O)N/N=C\c1cccs1)c1ccc([N+](=O)[O-])cc1. The van der Waals surface area contributed by atoms with Gasteiger partial charge in [-0.15, -0.1) is 11.3 Å². The molecule has 3 rings (SSSR count). The molecule has 0 radical (unpaired) electrons. The van der Waals surface area contributed by atoms with Crippen molar-refractivity contribution in [1.29, 1.82) is 0 Å². The highest BCUT2D eigenvalue weighted by molar-refractivity contribution is 7.98. The molecule has 0 aliphatic carbocycles. The van der Waals surface area contributed by atoms with Crippen molar-refractivity contribution < 1.29 is 14.5 Å². The van der Waals surface area contributed by atoms with Crippen molar-refractivity contribution in [3.63, 3.8) is 0 Å². The van der Waals surface area contributed by atoms with Gasteiger partial charge in [0.15, 0.2) is 0 Å². The smallest absolute Gasteiger partial charge is 0.269 e. The Morgan fingerprint density at radius 2 is 1.84 bits per heavy atom. The Labute approximate surface area is 192 Å². The average molecular weight is 469 g/mol. The summed E-state index contributed by atoms with van der Waals surface area (Å²) in [5.41, 5.74) is 3.69. The van der Waals surface area contributed by atoms with Crippen molar-refractivity contribution in [1.82, 2.24) is 10.7 Å². The van der Waals surface area contributed by atoms with Gasteiger partial charge in [-0.25, -0.2) is 5.43 Å². The molecular formula is C22H20N4O4S2. The van der Waals surface area contributed by atoms with Gasteiger partial charge >= 0.3 is 0 Å². The first-order valence-corrected chi connectivity index (χ1v) is 11.6. The van der Waals surface area contributed by atoms with E-state index in [-0.39, 0.29) is 11.3 Å². The molecule has 0 unspecified atom stereocenters. The van der Waals surface area contributed by atoms with Crippen molar-refractivity contribution in [2.75, 3.05) is 5.75 Å². The fourth-order valence-corrected chi connectivity index (χ4v) is 4.23. The molecule has 1 heterocycles. The van der Waals surface area contributed by atoms with Crippen LogP contribution in [0, 0.1) is 10.1 Å². The quantitative estimate of drug-likeness (QED) is 0.267. The third-order valence-electron chi connectivity index (χ3n) is 4.27. The molecule has 0 saturated heterocycles. The number of hydrogen-bond donors (Lipinski definition) is 2. The van der Waals surface area contributed by atoms with Crippen molar-refractivity contribution in [2.45, 2.75) is 11.8 Å². The maximum absolute atomic E-state index is 12.7. The standard InChI is InChI=1S/C22H20N4O4S2/c27-21(17-8-10-18(11-9-17)26(29)30)24-20(15-31-14-16-5-2-1-3-6-16)22(28)25-23-13-19-7-4-12-32-19/h1-13,20H,14-15H2,(H,24,27)(H,25,28)/b23-13-/t20-/m1/s1. The largest absolute Gasteiger partial charge is 0.339 e. The lowest BCUT2D eigenvalue weighted by atomic mass is 10.2. The molecule has 0 bridgehead atoms. The fourth-order valence-electron chi connectivity index (χ4n) is 2.63. The molecule has 10 heteroatoms. The number of thiophene rings is 1. The number of rotatable bonds is 10. The van der Waals surface area contributed by atoms with Crippen LogP contribution >= 0.6 is 23.1 Å². The van der Waals surface area contributed by atoms with E-state index in [0.29, 0.717) is 11.5 Å². The fraction of sp³-hybridized carbons (Fsp3) is 0.136. The van der Waals surface area contributed by atoms with Crippen molar-refractivity contribution in [3.05, 3.63) is 98.2 Å². The lowest BCUT2D eigenvalue weighted by Crippen LogP contribution is -2.47. The zero-order chi connectivity index (χ0) is 22.8. The summed E-state index contributed by atoms with van der Waals surface area (Å²) in [7, 11) is 0. The minimum Gasteiger partial charge on any atom is -0.339 e. The number of nitrogens with one attached hydrogen (secondary N) is 2. The summed E-state index contributed by atoms with van der Waals surface area (Å²) in [5.74, 6) is 0.0565. The molecule has 0 aliphatic rings. The highest BCUT2D eigenvalue weighted by atomic mass is 32.2. The minimum absolute atomic E-state index is 0.114. The Kier molecular flexibility index (Phi) is 8.52. The molecule has 8 nitrogen and oxygen atoms in total. The zero-order valence-electron chi connectivity index (χ0n) is 16.8. The van der Waals surface area contributed by atoms with Gasteiger partial charge in [-0.3, -0.25) is 19.7 Å². The number of carbonyl (C=O) groups excluding carboxylic acids is 2. The molecule has 2 aromatic carbocycles. The first kappa shape index (κ1) is 23.2. The van der Waals surface area contributed by atoms with E-state index < -0.39 is 22.8 Å². The van der Waals surface area contributed by atoms with Crippen molar-refractivity contribution in [2.24, 2.45) is 5.10 Å². The minimum atomic E-state index is -0.841. The average Bonchev–Trinajstić information content (AvgIpc) is 3.32. The molecule has 3 aromatic rings. The van der Waals surface area contributed by atoms with Crippen LogP contribution in [0.25, 0.3) is 0 Å². The third kappa shape index (κ3) is 7.03. The lowest BCUT2D eigenvalue weighted by molar-refractivity contribution is -0.384. The van der Waals surface area contributed by atoms with Crippen LogP contribution in [0.4, 0.5) is 5.69 Å². The van der Waals surface area contributed by atoms with Crippen molar-refractivity contribution >= 4 is 46.8 Å². The Balaban J connectivity index is 1.64. The maximum Gasteiger partial charge on any atom is 0.269 e. The molecule has 0 fully saturated rings. The van der Waals surface area contributed by atoms with Gasteiger partial charge in [-0.2, -0.15) is 16.9 Å². The van der Waals surface area contributed by atoms with E-state index >= 15 is 0 Å². The van der Waals surface area contributed by atoms with Crippen LogP contribution in [0.1, 0.15) is 20.8 Å². The molecule has 1 atom stereocenters. The van der Waals surface area contributed by atoms with Crippen LogP contribution in [-0.2, 0) is 10.5 Å². The molecule has 2 N–H and O–H groups in total. The predicted molar refractivity (Wildman–Crippen MR) is 127 cm³/mol. The van der Waals surface area contributed by atoms with Gasteiger partial charge in [0.25, 0.3) is 17.5 Å². The first-order valence-electron chi connectivity index (χ1n) is 9.56. The second kappa shape index (κ2) is 11.8. The van der Waals surface area contributed by atoms with Gasteiger partial charge in [0, 0.05) is 34.1 Å². The second-order valence-electron chi connectivity index (χ2n) is 6.58. The van der Waals surface area contributed by atoms with Crippen LogP contribution in [0.5, 0.6) is 0 Å². The van der Waals surface area contributed by atoms with E-state index in [1.807, 2.05) is 47.8 Å². The molecular weight excluding hydrogens is 448 g/mol. The lowest BCUT2D eigenvalue weighted by Gasteiger charge is -2.17. The molecule has 164 valence electrons. The van der Waals surface area contributed by atoms with E-state index in [0.717, 1.165) is 10.4 Å². The highest BCUT2D eigenvalue weighted by Crippen LogP contribution is 2.15. The summed E-state index contributed by atoms with van der Waals surface area (Å²) in [6.07, 6.45) is 1.54. The molecule has 0 spiro atoms. The van der Waals surface area contributed by atoms with Crippen LogP contribution in [0.3, 0.4) is 0 Å². The summed E-state index contributed by atoms with van der Waals surface area (Å²) < 4.78 is 0. The van der Waals surface area contributed by atoms with Gasteiger partial charge in [0.1, 0.15) is 6.04 Å². The highest BCUT2D eigenvalue weighted by Gasteiger charge is 2.22. The Bertz CT molecular complexity index is 1070. The number of amides is 2. The van der Waals surface area contributed by atoms with Gasteiger partial charge in [0.2, 0.25) is 0 Å². The second-order valence-corrected chi connectivity index (χ2v) is 8.59. The number of non-ortho nitro benzene ring substituents is 1. The number of benzene rings is 2. The first-order chi connectivity index (χ1) is 15.5. The Morgan fingerprint density at radius 3 is 2.50 bits per heavy atom. The van der Waals surface area contributed by atoms with Gasteiger partial charge in [-0.1, -0.05) is 36.4 Å². The van der Waals surface area contributed by atoms with Gasteiger partial charge in [0.05, 0.1) is 11.1 Å². The van der Waals surface area contributed by atoms with Gasteiger partial charge < -0.3 is 5.32 Å². The summed E-state index contributed by atoms with van der Waals surface area (Å²) in [5, 5.41) is 19.4. The van der Waals surface area contributed by atoms with E-state index in [1.54, 1.807) is 0 Å². The van der Waals surface area contributed by atoms with Crippen molar-refractivity contribution in [3.8, 4) is 0 Å². The summed E-state index contributed by atoms with van der Waals surface area (Å²) in [4.78, 5) is 36.5. The topological polar surface area (TPSA) is 114 Å². The predicted octanol–water partition coefficient (Wildman–Crippen LogP) is 3.84. The molecule has 1 aromatic heterocycles. The normalized spacial score (nSPS) is 11.8. The number of carbonyl (C=O) groups is 2. The van der Waals surface area contributed by atoms with E-state index in [9.17, 15) is 19.7 Å². The van der Waals surface area contributed by atoms with E-state index in [4.69, 9.17) is 0 Å². The van der Waals surface area contributed by atoms with E-state index in [1.165, 1.54) is 53.6 Å². The molecule has 0 aliphatic heterocycles. The van der Waals surface area contributed by atoms with Crippen LogP contribution in [-0.4, -0.2) is 34.7 Å². The Morgan fingerprint density at radius 1 is 1.09 bits per heavy atom. The summed E-state index contributed by atoms with van der Waals surface area (Å²) in [6.45, 7) is 0. The summed E-state index contributed by atoms with van der Waals surface area (Å²) in [6, 6.07) is 17.9.